The molecule has 2 aromatic heterocycles. The van der Waals surface area contributed by atoms with Crippen molar-refractivity contribution < 1.29 is 0 Å². The molecule has 0 radical (unpaired) electrons. The number of aryl methyl sites for hydroxylation is 2. The summed E-state index contributed by atoms with van der Waals surface area (Å²) in [7, 11) is 0. The number of hydrogen-bond acceptors (Lipinski definition) is 4. The van der Waals surface area contributed by atoms with Gasteiger partial charge in [-0.1, -0.05) is 6.07 Å². The van der Waals surface area contributed by atoms with Crippen LogP contribution in [0.3, 0.4) is 0 Å². The molecule has 0 aliphatic carbocycles. The average molecular weight is 268 g/mol. The van der Waals surface area contributed by atoms with E-state index in [4.69, 9.17) is 0 Å². The lowest BCUT2D eigenvalue weighted by Crippen LogP contribution is -2.21. The molecule has 3 heterocycles. The Morgan fingerprint density at radius 1 is 1.20 bits per heavy atom. The van der Waals surface area contributed by atoms with Gasteiger partial charge in [-0.3, -0.25) is 9.88 Å². The number of rotatable bonds is 3. The fraction of sp³-hybridized carbons (Fsp3) is 0.438. The van der Waals surface area contributed by atoms with E-state index in [2.05, 4.69) is 32.8 Å². The maximum atomic E-state index is 4.56. The van der Waals surface area contributed by atoms with Crippen LogP contribution >= 0.6 is 0 Å². The van der Waals surface area contributed by atoms with E-state index in [1.165, 1.54) is 11.3 Å². The maximum absolute atomic E-state index is 4.56. The molecule has 0 spiro atoms. The molecule has 2 aromatic rings. The van der Waals surface area contributed by atoms with Crippen molar-refractivity contribution in [1.29, 1.82) is 0 Å². The van der Waals surface area contributed by atoms with Crippen molar-refractivity contribution in [3.8, 4) is 0 Å². The Balaban J connectivity index is 1.67. The second kappa shape index (κ2) is 5.67. The maximum Gasteiger partial charge on any atom is 0.132 e. The minimum absolute atomic E-state index is 0.457. The topological polar surface area (TPSA) is 41.9 Å². The lowest BCUT2D eigenvalue weighted by Gasteiger charge is -2.16. The summed E-state index contributed by atoms with van der Waals surface area (Å²) in [4.78, 5) is 15.9. The van der Waals surface area contributed by atoms with Gasteiger partial charge in [0.25, 0.3) is 0 Å². The fourth-order valence-electron chi connectivity index (χ4n) is 2.75. The Kier molecular flexibility index (Phi) is 3.74. The zero-order valence-corrected chi connectivity index (χ0v) is 12.1. The predicted octanol–water partition coefficient (Wildman–Crippen LogP) is 2.48. The number of hydrogen-bond donors (Lipinski definition) is 0. The summed E-state index contributed by atoms with van der Waals surface area (Å²) in [5.41, 5.74) is 3.50. The van der Waals surface area contributed by atoms with Crippen LogP contribution in [-0.4, -0.2) is 32.9 Å². The highest BCUT2D eigenvalue weighted by Gasteiger charge is 2.26. The van der Waals surface area contributed by atoms with Crippen LogP contribution in [0.4, 0.5) is 0 Å². The minimum Gasteiger partial charge on any atom is -0.297 e. The predicted molar refractivity (Wildman–Crippen MR) is 78.4 cm³/mol. The summed E-state index contributed by atoms with van der Waals surface area (Å²) >= 11 is 0. The van der Waals surface area contributed by atoms with Crippen LogP contribution < -0.4 is 0 Å². The number of nitrogens with zero attached hydrogens (tertiary/aromatic N) is 4. The number of likely N-dealkylation sites (tertiary alicyclic amines) is 1. The van der Waals surface area contributed by atoms with Crippen LogP contribution in [0.2, 0.25) is 0 Å². The van der Waals surface area contributed by atoms with E-state index >= 15 is 0 Å². The van der Waals surface area contributed by atoms with Crippen LogP contribution in [-0.2, 0) is 6.54 Å². The quantitative estimate of drug-likeness (QED) is 0.857. The highest BCUT2D eigenvalue weighted by atomic mass is 15.2. The molecular formula is C16H20N4. The molecule has 0 bridgehead atoms. The molecule has 1 aliphatic heterocycles. The summed E-state index contributed by atoms with van der Waals surface area (Å²) in [6.45, 7) is 7.20. The number of aromatic nitrogens is 3. The molecule has 3 rings (SSSR count). The normalized spacial score (nSPS) is 19.4. The molecule has 4 heteroatoms. The highest BCUT2D eigenvalue weighted by Crippen LogP contribution is 2.25. The van der Waals surface area contributed by atoms with Gasteiger partial charge in [-0.25, -0.2) is 9.97 Å². The average Bonchev–Trinajstić information content (AvgIpc) is 2.90. The summed E-state index contributed by atoms with van der Waals surface area (Å²) < 4.78 is 0. The van der Waals surface area contributed by atoms with Gasteiger partial charge in [0.15, 0.2) is 0 Å². The Morgan fingerprint density at radius 2 is 2.10 bits per heavy atom. The molecule has 4 nitrogen and oxygen atoms in total. The molecule has 1 atom stereocenters. The van der Waals surface area contributed by atoms with E-state index in [-0.39, 0.29) is 0 Å². The molecule has 1 unspecified atom stereocenters. The van der Waals surface area contributed by atoms with Crippen molar-refractivity contribution in [1.82, 2.24) is 19.9 Å². The minimum atomic E-state index is 0.457. The van der Waals surface area contributed by atoms with Crippen molar-refractivity contribution in [3.05, 3.63) is 53.4 Å². The summed E-state index contributed by atoms with van der Waals surface area (Å²) in [6.07, 6.45) is 4.87. The standard InChI is InChI=1S/C16H20N4/c1-12-4-3-7-17-15(12)11-20-9-6-14(10-20)16-18-8-5-13(2)19-16/h3-5,7-8,14H,6,9-11H2,1-2H3. The van der Waals surface area contributed by atoms with Crippen LogP contribution in [0.15, 0.2) is 30.6 Å². The van der Waals surface area contributed by atoms with Crippen molar-refractivity contribution in [2.45, 2.75) is 32.7 Å². The zero-order chi connectivity index (χ0) is 13.9. The molecule has 0 amide bonds. The SMILES string of the molecule is Cc1ccnc(C2CCN(Cc3ncccc3C)C2)n1. The zero-order valence-electron chi connectivity index (χ0n) is 12.1. The van der Waals surface area contributed by atoms with Crippen molar-refractivity contribution >= 4 is 0 Å². The third-order valence-corrected chi connectivity index (χ3v) is 3.94. The summed E-state index contributed by atoms with van der Waals surface area (Å²) in [5.74, 6) is 1.45. The first-order valence-corrected chi connectivity index (χ1v) is 7.15. The van der Waals surface area contributed by atoms with Gasteiger partial charge in [0.05, 0.1) is 5.69 Å². The summed E-state index contributed by atoms with van der Waals surface area (Å²) in [6, 6.07) is 6.07. The van der Waals surface area contributed by atoms with Crippen molar-refractivity contribution in [2.75, 3.05) is 13.1 Å². The third-order valence-electron chi connectivity index (χ3n) is 3.94. The van der Waals surface area contributed by atoms with E-state index < -0.39 is 0 Å². The van der Waals surface area contributed by atoms with Gasteiger partial charge in [0.2, 0.25) is 0 Å². The van der Waals surface area contributed by atoms with Crippen LogP contribution in [0.5, 0.6) is 0 Å². The van der Waals surface area contributed by atoms with Crippen LogP contribution in [0, 0.1) is 13.8 Å². The Bertz CT molecular complexity index is 597. The van der Waals surface area contributed by atoms with Gasteiger partial charge < -0.3 is 0 Å². The smallest absolute Gasteiger partial charge is 0.132 e. The molecule has 20 heavy (non-hydrogen) atoms. The van der Waals surface area contributed by atoms with Crippen LogP contribution in [0.25, 0.3) is 0 Å². The first-order valence-electron chi connectivity index (χ1n) is 7.15. The molecular weight excluding hydrogens is 248 g/mol. The lowest BCUT2D eigenvalue weighted by atomic mass is 10.1. The molecule has 1 aliphatic rings. The Morgan fingerprint density at radius 3 is 2.90 bits per heavy atom. The molecule has 1 fully saturated rings. The second-order valence-corrected chi connectivity index (χ2v) is 5.54. The molecule has 0 N–H and O–H groups in total. The molecule has 0 saturated carbocycles. The Labute approximate surface area is 119 Å². The van der Waals surface area contributed by atoms with Gasteiger partial charge in [-0.15, -0.1) is 0 Å². The first-order chi connectivity index (χ1) is 9.72. The van der Waals surface area contributed by atoms with E-state index in [0.717, 1.165) is 37.6 Å². The van der Waals surface area contributed by atoms with E-state index in [9.17, 15) is 0 Å². The van der Waals surface area contributed by atoms with Crippen molar-refractivity contribution in [2.24, 2.45) is 0 Å². The van der Waals surface area contributed by atoms with Gasteiger partial charge in [0.1, 0.15) is 5.82 Å². The Hall–Kier alpha value is -1.81. The third kappa shape index (κ3) is 2.85. The van der Waals surface area contributed by atoms with Gasteiger partial charge >= 0.3 is 0 Å². The molecule has 0 aromatic carbocycles. The van der Waals surface area contributed by atoms with E-state index in [1.54, 1.807) is 0 Å². The van der Waals surface area contributed by atoms with Crippen molar-refractivity contribution in [3.63, 3.8) is 0 Å². The van der Waals surface area contributed by atoms with Gasteiger partial charge in [-0.05, 0) is 44.5 Å². The lowest BCUT2D eigenvalue weighted by molar-refractivity contribution is 0.321. The monoisotopic (exact) mass is 268 g/mol. The fourth-order valence-corrected chi connectivity index (χ4v) is 2.75. The van der Waals surface area contributed by atoms with Gasteiger partial charge in [-0.2, -0.15) is 0 Å². The van der Waals surface area contributed by atoms with Crippen LogP contribution in [0.1, 0.15) is 35.1 Å². The van der Waals surface area contributed by atoms with E-state index in [0.29, 0.717) is 5.92 Å². The first kappa shape index (κ1) is 13.2. The summed E-state index contributed by atoms with van der Waals surface area (Å²) in [5, 5.41) is 0. The molecule has 1 saturated heterocycles. The molecule has 104 valence electrons. The highest BCUT2D eigenvalue weighted by molar-refractivity contribution is 5.18. The van der Waals surface area contributed by atoms with E-state index in [1.807, 2.05) is 31.5 Å². The number of pyridine rings is 1. The largest absolute Gasteiger partial charge is 0.297 e. The second-order valence-electron chi connectivity index (χ2n) is 5.54. The van der Waals surface area contributed by atoms with Gasteiger partial charge in [0, 0.05) is 37.1 Å².